The van der Waals surface area contributed by atoms with Crippen molar-refractivity contribution in [1.29, 1.82) is 0 Å². The molecule has 0 unspecified atom stereocenters. The number of hydrogen-bond donors (Lipinski definition) is 1. The van der Waals surface area contributed by atoms with Crippen molar-refractivity contribution in [2.24, 2.45) is 0 Å². The van der Waals surface area contributed by atoms with Crippen LogP contribution in [0.2, 0.25) is 0 Å². The fourth-order valence-corrected chi connectivity index (χ4v) is 2.65. The van der Waals surface area contributed by atoms with E-state index < -0.39 is 12.7 Å². The normalized spacial score (nSPS) is 17.2. The van der Waals surface area contributed by atoms with Crippen LogP contribution < -0.4 is 10.2 Å². The SMILES string of the molecule is FCC(F)(F)n1c(N2CCCNCC2)nc2ccccc21. The summed E-state index contributed by atoms with van der Waals surface area (Å²) in [6.07, 6.45) is 0.838. The minimum Gasteiger partial charge on any atom is -0.341 e. The molecule has 0 atom stereocenters. The van der Waals surface area contributed by atoms with Gasteiger partial charge in [0.1, 0.15) is 0 Å². The Morgan fingerprint density at radius 2 is 2.00 bits per heavy atom. The number of benzene rings is 1. The van der Waals surface area contributed by atoms with Crippen LogP contribution in [-0.2, 0) is 6.05 Å². The number of nitrogens with one attached hydrogen (secondary N) is 1. The molecule has 0 saturated carbocycles. The average molecular weight is 298 g/mol. The van der Waals surface area contributed by atoms with Gasteiger partial charge in [-0.25, -0.2) is 13.9 Å². The summed E-state index contributed by atoms with van der Waals surface area (Å²) in [6, 6.07) is 3.01. The van der Waals surface area contributed by atoms with Crippen molar-refractivity contribution < 1.29 is 13.2 Å². The van der Waals surface area contributed by atoms with Gasteiger partial charge in [0.2, 0.25) is 5.95 Å². The zero-order valence-electron chi connectivity index (χ0n) is 11.5. The number of anilines is 1. The summed E-state index contributed by atoms with van der Waals surface area (Å²) >= 11 is 0. The maximum Gasteiger partial charge on any atom is 0.360 e. The first-order valence-corrected chi connectivity index (χ1v) is 7.01. The van der Waals surface area contributed by atoms with E-state index in [1.54, 1.807) is 29.2 Å². The van der Waals surface area contributed by atoms with E-state index in [4.69, 9.17) is 0 Å². The zero-order chi connectivity index (χ0) is 14.9. The van der Waals surface area contributed by atoms with Gasteiger partial charge in [-0.2, -0.15) is 8.78 Å². The minimum atomic E-state index is -3.59. The van der Waals surface area contributed by atoms with Gasteiger partial charge >= 0.3 is 6.05 Å². The minimum absolute atomic E-state index is 0.141. The second-order valence-electron chi connectivity index (χ2n) is 5.13. The van der Waals surface area contributed by atoms with E-state index in [9.17, 15) is 13.2 Å². The largest absolute Gasteiger partial charge is 0.360 e. The van der Waals surface area contributed by atoms with Gasteiger partial charge in [0.25, 0.3) is 0 Å². The monoisotopic (exact) mass is 298 g/mol. The van der Waals surface area contributed by atoms with E-state index in [0.29, 0.717) is 25.2 Å². The summed E-state index contributed by atoms with van der Waals surface area (Å²) in [4.78, 5) is 6.10. The molecule has 114 valence electrons. The van der Waals surface area contributed by atoms with Crippen molar-refractivity contribution in [3.8, 4) is 0 Å². The van der Waals surface area contributed by atoms with Crippen molar-refractivity contribution >= 4 is 17.0 Å². The van der Waals surface area contributed by atoms with Crippen LogP contribution in [0.5, 0.6) is 0 Å². The smallest absolute Gasteiger partial charge is 0.341 e. The third-order valence-corrected chi connectivity index (χ3v) is 3.65. The molecule has 3 rings (SSSR count). The third kappa shape index (κ3) is 2.57. The number of rotatable bonds is 3. The Kier molecular flexibility index (Phi) is 3.75. The number of para-hydroxylation sites is 2. The number of nitrogens with zero attached hydrogens (tertiary/aromatic N) is 3. The molecule has 0 bridgehead atoms. The van der Waals surface area contributed by atoms with Gasteiger partial charge in [-0.1, -0.05) is 12.1 Å². The Bertz CT molecular complexity index is 618. The molecule has 1 fully saturated rings. The molecular formula is C14H17F3N4. The molecule has 0 amide bonds. The average Bonchev–Trinajstić information content (AvgIpc) is 2.68. The molecule has 1 aromatic heterocycles. The molecule has 1 aliphatic rings. The van der Waals surface area contributed by atoms with Crippen molar-refractivity contribution in [2.75, 3.05) is 37.8 Å². The first-order chi connectivity index (χ1) is 10.1. The molecule has 7 heteroatoms. The molecule has 1 saturated heterocycles. The molecule has 2 aromatic rings. The van der Waals surface area contributed by atoms with E-state index in [0.717, 1.165) is 17.5 Å². The van der Waals surface area contributed by atoms with E-state index >= 15 is 0 Å². The summed E-state index contributed by atoms with van der Waals surface area (Å²) in [5.74, 6) is 0.141. The number of alkyl halides is 3. The lowest BCUT2D eigenvalue weighted by Gasteiger charge is -2.25. The zero-order valence-corrected chi connectivity index (χ0v) is 11.5. The first-order valence-electron chi connectivity index (χ1n) is 7.01. The summed E-state index contributed by atoms with van der Waals surface area (Å²) in [5.41, 5.74) is 0.713. The third-order valence-electron chi connectivity index (χ3n) is 3.65. The van der Waals surface area contributed by atoms with Crippen LogP contribution in [0.3, 0.4) is 0 Å². The van der Waals surface area contributed by atoms with Crippen LogP contribution in [0.4, 0.5) is 19.1 Å². The van der Waals surface area contributed by atoms with Crippen LogP contribution in [0.1, 0.15) is 6.42 Å². The highest BCUT2D eigenvalue weighted by molar-refractivity contribution is 5.79. The lowest BCUT2D eigenvalue weighted by Crippen LogP contribution is -2.35. The van der Waals surface area contributed by atoms with Gasteiger partial charge < -0.3 is 10.2 Å². The molecule has 4 nitrogen and oxygen atoms in total. The van der Waals surface area contributed by atoms with E-state index in [2.05, 4.69) is 10.3 Å². The fourth-order valence-electron chi connectivity index (χ4n) is 2.65. The Hall–Kier alpha value is -1.76. The molecule has 21 heavy (non-hydrogen) atoms. The van der Waals surface area contributed by atoms with Crippen LogP contribution in [0.15, 0.2) is 24.3 Å². The van der Waals surface area contributed by atoms with Crippen LogP contribution >= 0.6 is 0 Å². The highest BCUT2D eigenvalue weighted by Gasteiger charge is 2.37. The highest BCUT2D eigenvalue weighted by atomic mass is 19.3. The second kappa shape index (κ2) is 5.55. The predicted octanol–water partition coefficient (Wildman–Crippen LogP) is 2.35. The van der Waals surface area contributed by atoms with E-state index in [-0.39, 0.29) is 11.5 Å². The highest BCUT2D eigenvalue weighted by Crippen LogP contribution is 2.33. The fraction of sp³-hybridized carbons (Fsp3) is 0.500. The van der Waals surface area contributed by atoms with Gasteiger partial charge in [0, 0.05) is 19.6 Å². The maximum absolute atomic E-state index is 14.1. The number of imidazole rings is 1. The summed E-state index contributed by atoms with van der Waals surface area (Å²) in [7, 11) is 0. The molecule has 0 radical (unpaired) electrons. The van der Waals surface area contributed by atoms with Crippen LogP contribution in [0, 0.1) is 0 Å². The molecule has 0 spiro atoms. The number of halogens is 3. The summed E-state index contributed by atoms with van der Waals surface area (Å²) in [5, 5.41) is 3.21. The van der Waals surface area contributed by atoms with Gasteiger partial charge in [-0.15, -0.1) is 0 Å². The lowest BCUT2D eigenvalue weighted by molar-refractivity contribution is -0.0945. The topological polar surface area (TPSA) is 33.1 Å². The molecule has 2 heterocycles. The van der Waals surface area contributed by atoms with Gasteiger partial charge in [-0.3, -0.25) is 0 Å². The Morgan fingerprint density at radius 3 is 2.81 bits per heavy atom. The summed E-state index contributed by atoms with van der Waals surface area (Å²) in [6.45, 7) is 0.997. The van der Waals surface area contributed by atoms with Crippen molar-refractivity contribution in [3.63, 3.8) is 0 Å². The van der Waals surface area contributed by atoms with E-state index in [1.807, 2.05) is 0 Å². The number of hydrogen-bond acceptors (Lipinski definition) is 3. The lowest BCUT2D eigenvalue weighted by atomic mass is 10.3. The van der Waals surface area contributed by atoms with Crippen LogP contribution in [0.25, 0.3) is 11.0 Å². The van der Waals surface area contributed by atoms with Gasteiger partial charge in [0.05, 0.1) is 11.0 Å². The second-order valence-corrected chi connectivity index (χ2v) is 5.13. The quantitative estimate of drug-likeness (QED) is 0.944. The molecule has 1 N–H and O–H groups in total. The summed E-state index contributed by atoms with van der Waals surface area (Å²) < 4.78 is 41.7. The van der Waals surface area contributed by atoms with E-state index in [1.165, 1.54) is 0 Å². The number of fused-ring (bicyclic) bond motifs is 1. The van der Waals surface area contributed by atoms with Crippen LogP contribution in [-0.4, -0.2) is 42.4 Å². The number of aromatic nitrogens is 2. The molecule has 0 aliphatic carbocycles. The first kappa shape index (κ1) is 14.2. The Balaban J connectivity index is 2.14. The van der Waals surface area contributed by atoms with Gasteiger partial charge in [-0.05, 0) is 25.1 Å². The maximum atomic E-state index is 14.1. The van der Waals surface area contributed by atoms with Gasteiger partial charge in [0.15, 0.2) is 6.67 Å². The Morgan fingerprint density at radius 1 is 1.19 bits per heavy atom. The standard InChI is InChI=1S/C14H17F3N4/c15-10-14(16,17)21-12-5-2-1-4-11(12)19-13(21)20-8-3-6-18-7-9-20/h1-2,4-5,18H,3,6-10H2. The molecule has 1 aromatic carbocycles. The van der Waals surface area contributed by atoms with Crippen molar-refractivity contribution in [1.82, 2.24) is 14.9 Å². The van der Waals surface area contributed by atoms with Crippen molar-refractivity contribution in [2.45, 2.75) is 12.5 Å². The molecular weight excluding hydrogens is 281 g/mol. The van der Waals surface area contributed by atoms with Crippen molar-refractivity contribution in [3.05, 3.63) is 24.3 Å². The molecule has 1 aliphatic heterocycles. The Labute approximate surface area is 120 Å². The predicted molar refractivity (Wildman–Crippen MR) is 75.6 cm³/mol.